The van der Waals surface area contributed by atoms with Gasteiger partial charge in [0.1, 0.15) is 11.5 Å². The molecule has 35 heavy (non-hydrogen) atoms. The zero-order valence-electron chi connectivity index (χ0n) is 18.6. The Morgan fingerprint density at radius 2 is 1.63 bits per heavy atom. The van der Waals surface area contributed by atoms with Crippen molar-refractivity contribution in [2.75, 3.05) is 23.8 Å². The highest BCUT2D eigenvalue weighted by Crippen LogP contribution is 2.32. The molecule has 3 aromatic rings. The average Bonchev–Trinajstić information content (AvgIpc) is 2.79. The molecule has 0 aromatic heterocycles. The summed E-state index contributed by atoms with van der Waals surface area (Å²) in [5.74, 6) is 0.733. The maximum Gasteiger partial charge on any atom is 0.264 e. The lowest BCUT2D eigenvalue weighted by Gasteiger charge is -2.13. The van der Waals surface area contributed by atoms with Crippen molar-refractivity contribution in [3.05, 3.63) is 75.2 Å². The van der Waals surface area contributed by atoms with Crippen molar-refractivity contribution < 1.29 is 22.7 Å². The van der Waals surface area contributed by atoms with Crippen LogP contribution in [-0.2, 0) is 14.8 Å². The van der Waals surface area contributed by atoms with Crippen LogP contribution in [0.15, 0.2) is 74.5 Å². The number of carbonyl (C=O) groups excluding carboxylic acids is 1. The Bertz CT molecular complexity index is 1310. The topological polar surface area (TPSA) is 106 Å². The number of rotatable bonds is 8. The van der Waals surface area contributed by atoms with Gasteiger partial charge in [-0.1, -0.05) is 15.9 Å². The van der Waals surface area contributed by atoms with E-state index in [1.807, 2.05) is 19.1 Å². The number of ether oxygens (including phenoxy) is 2. The maximum absolute atomic E-state index is 12.6. The molecule has 3 aromatic carbocycles. The Kier molecular flexibility index (Phi) is 9.11. The van der Waals surface area contributed by atoms with Gasteiger partial charge in [-0.05, 0) is 101 Å². The molecular weight excluding hydrogens is 622 g/mol. The van der Waals surface area contributed by atoms with Crippen LogP contribution in [0.2, 0.25) is 0 Å². The average molecular weight is 643 g/mol. The number of thiocarbonyl (C=S) groups is 1. The number of nitrogens with one attached hydrogen (secondary N) is 3. The molecule has 3 rings (SSSR count). The Hall–Kier alpha value is -2.67. The first-order chi connectivity index (χ1) is 16.6. The maximum atomic E-state index is 12.6. The molecular formula is C23H21Br2N3O5S2. The van der Waals surface area contributed by atoms with E-state index in [0.29, 0.717) is 22.9 Å². The fourth-order valence-corrected chi connectivity index (χ4v) is 5.77. The van der Waals surface area contributed by atoms with E-state index in [1.165, 1.54) is 19.2 Å². The van der Waals surface area contributed by atoms with Gasteiger partial charge < -0.3 is 14.8 Å². The van der Waals surface area contributed by atoms with Gasteiger partial charge in [0.15, 0.2) is 11.7 Å². The van der Waals surface area contributed by atoms with Gasteiger partial charge in [0.05, 0.1) is 16.5 Å². The third-order valence-electron chi connectivity index (χ3n) is 4.56. The molecule has 0 atom stereocenters. The van der Waals surface area contributed by atoms with Crippen LogP contribution in [0.3, 0.4) is 0 Å². The lowest BCUT2D eigenvalue weighted by Crippen LogP contribution is -2.37. The summed E-state index contributed by atoms with van der Waals surface area (Å²) in [6, 6.07) is 16.2. The van der Waals surface area contributed by atoms with E-state index in [-0.39, 0.29) is 16.6 Å². The first kappa shape index (κ1) is 26.9. The highest BCUT2D eigenvalue weighted by Gasteiger charge is 2.15. The Balaban J connectivity index is 1.54. The highest BCUT2D eigenvalue weighted by molar-refractivity contribution is 9.11. The van der Waals surface area contributed by atoms with Gasteiger partial charge in [-0.25, -0.2) is 8.42 Å². The van der Waals surface area contributed by atoms with E-state index in [1.54, 1.807) is 36.4 Å². The highest BCUT2D eigenvalue weighted by atomic mass is 79.9. The molecule has 8 nitrogen and oxygen atoms in total. The van der Waals surface area contributed by atoms with E-state index >= 15 is 0 Å². The number of benzene rings is 3. The molecule has 0 aliphatic rings. The van der Waals surface area contributed by atoms with E-state index in [2.05, 4.69) is 47.2 Å². The van der Waals surface area contributed by atoms with Crippen LogP contribution in [0.25, 0.3) is 0 Å². The number of sulfonamides is 1. The number of anilines is 2. The predicted molar refractivity (Wildman–Crippen MR) is 147 cm³/mol. The SMILES string of the molecule is COc1ccc(NS(=O)(=O)c2ccc(NC(=S)NC(=O)COc3c(C)cc(Br)cc3Br)cc2)cc1. The van der Waals surface area contributed by atoms with Crippen LogP contribution in [-0.4, -0.2) is 33.2 Å². The number of methoxy groups -OCH3 is 1. The molecule has 0 saturated heterocycles. The van der Waals surface area contributed by atoms with Gasteiger partial charge in [0.25, 0.3) is 15.9 Å². The van der Waals surface area contributed by atoms with Gasteiger partial charge in [0.2, 0.25) is 0 Å². The summed E-state index contributed by atoms with van der Waals surface area (Å²) in [6.45, 7) is 1.63. The van der Waals surface area contributed by atoms with Crippen molar-refractivity contribution in [1.82, 2.24) is 5.32 Å². The molecule has 3 N–H and O–H groups in total. The standard InChI is InChI=1S/C23H21Br2N3O5S2/c1-14-11-15(24)12-20(25)22(14)33-13-21(29)27-23(34)26-16-5-9-19(10-6-16)35(30,31)28-17-3-7-18(32-2)8-4-17/h3-12,28H,13H2,1-2H3,(H2,26,27,29,34). The largest absolute Gasteiger partial charge is 0.497 e. The van der Waals surface area contributed by atoms with Crippen molar-refractivity contribution in [3.63, 3.8) is 0 Å². The fraction of sp³-hybridized carbons (Fsp3) is 0.130. The van der Waals surface area contributed by atoms with Crippen LogP contribution in [0.1, 0.15) is 5.56 Å². The zero-order chi connectivity index (χ0) is 25.6. The third-order valence-corrected chi connectivity index (χ3v) is 7.21. The smallest absolute Gasteiger partial charge is 0.264 e. The molecule has 0 saturated carbocycles. The van der Waals surface area contributed by atoms with Crippen LogP contribution in [0, 0.1) is 6.92 Å². The number of carbonyl (C=O) groups is 1. The summed E-state index contributed by atoms with van der Waals surface area (Å²) in [4.78, 5) is 12.3. The fourth-order valence-electron chi connectivity index (χ4n) is 2.93. The van der Waals surface area contributed by atoms with Gasteiger partial charge in [-0.3, -0.25) is 14.8 Å². The Labute approximate surface area is 225 Å². The van der Waals surface area contributed by atoms with Crippen LogP contribution < -0.4 is 24.8 Å². The van der Waals surface area contributed by atoms with E-state index in [9.17, 15) is 13.2 Å². The zero-order valence-corrected chi connectivity index (χ0v) is 23.4. The summed E-state index contributed by atoms with van der Waals surface area (Å²) < 4.78 is 40.0. The molecule has 0 unspecified atom stereocenters. The second kappa shape index (κ2) is 11.8. The molecule has 0 aliphatic heterocycles. The van der Waals surface area contributed by atoms with E-state index in [0.717, 1.165) is 14.5 Å². The minimum Gasteiger partial charge on any atom is -0.497 e. The molecule has 0 fully saturated rings. The third kappa shape index (κ3) is 7.66. The molecule has 0 radical (unpaired) electrons. The number of hydrogen-bond donors (Lipinski definition) is 3. The van der Waals surface area contributed by atoms with E-state index < -0.39 is 15.9 Å². The lowest BCUT2D eigenvalue weighted by atomic mass is 10.2. The van der Waals surface area contributed by atoms with Crippen molar-refractivity contribution >= 4 is 76.5 Å². The first-order valence-electron chi connectivity index (χ1n) is 10.0. The normalized spacial score (nSPS) is 10.9. The first-order valence-corrected chi connectivity index (χ1v) is 13.5. The number of amides is 1. The number of halogens is 2. The molecule has 0 bridgehead atoms. The summed E-state index contributed by atoms with van der Waals surface area (Å²) in [5.41, 5.74) is 1.77. The Morgan fingerprint density at radius 1 is 1.00 bits per heavy atom. The quantitative estimate of drug-likeness (QED) is 0.289. The molecule has 0 aliphatic carbocycles. The van der Waals surface area contributed by atoms with Gasteiger partial charge >= 0.3 is 0 Å². The molecule has 184 valence electrons. The van der Waals surface area contributed by atoms with Gasteiger partial charge in [-0.15, -0.1) is 0 Å². The van der Waals surface area contributed by atoms with Crippen molar-refractivity contribution in [2.24, 2.45) is 0 Å². The van der Waals surface area contributed by atoms with Gasteiger partial charge in [-0.2, -0.15) is 0 Å². The molecule has 0 heterocycles. The minimum absolute atomic E-state index is 0.0529. The van der Waals surface area contributed by atoms with Gasteiger partial charge in [0, 0.05) is 15.8 Å². The summed E-state index contributed by atoms with van der Waals surface area (Å²) in [6.07, 6.45) is 0. The lowest BCUT2D eigenvalue weighted by molar-refractivity contribution is -0.121. The second-order valence-electron chi connectivity index (χ2n) is 7.18. The van der Waals surface area contributed by atoms with Crippen LogP contribution in [0.5, 0.6) is 11.5 Å². The van der Waals surface area contributed by atoms with Crippen molar-refractivity contribution in [2.45, 2.75) is 11.8 Å². The molecule has 12 heteroatoms. The predicted octanol–water partition coefficient (Wildman–Crippen LogP) is 5.22. The molecule has 0 spiro atoms. The number of hydrogen-bond acceptors (Lipinski definition) is 6. The van der Waals surface area contributed by atoms with E-state index in [4.69, 9.17) is 21.7 Å². The number of aryl methyl sites for hydroxylation is 1. The Morgan fingerprint density at radius 3 is 2.23 bits per heavy atom. The monoisotopic (exact) mass is 641 g/mol. The summed E-state index contributed by atoms with van der Waals surface area (Å²) in [5, 5.41) is 5.42. The van der Waals surface area contributed by atoms with Crippen molar-refractivity contribution in [1.29, 1.82) is 0 Å². The van der Waals surface area contributed by atoms with Crippen LogP contribution >= 0.6 is 44.1 Å². The van der Waals surface area contributed by atoms with Crippen molar-refractivity contribution in [3.8, 4) is 11.5 Å². The summed E-state index contributed by atoms with van der Waals surface area (Å²) >= 11 is 12.0. The molecule has 1 amide bonds. The van der Waals surface area contributed by atoms with Crippen LogP contribution in [0.4, 0.5) is 11.4 Å². The minimum atomic E-state index is -3.79. The summed E-state index contributed by atoms with van der Waals surface area (Å²) in [7, 11) is -2.25. The second-order valence-corrected chi connectivity index (χ2v) is 11.0.